The maximum absolute atomic E-state index is 5.48. The molecule has 0 aromatic carbocycles. The van der Waals surface area contributed by atoms with Crippen molar-refractivity contribution in [3.63, 3.8) is 0 Å². The van der Waals surface area contributed by atoms with Crippen LogP contribution >= 0.6 is 0 Å². The van der Waals surface area contributed by atoms with E-state index < -0.39 is 0 Å². The summed E-state index contributed by atoms with van der Waals surface area (Å²) >= 11 is 0. The molecule has 0 unspecified atom stereocenters. The van der Waals surface area contributed by atoms with Gasteiger partial charge in [0.25, 0.3) is 5.89 Å². The van der Waals surface area contributed by atoms with Crippen LogP contribution in [0.5, 0.6) is 0 Å². The quantitative estimate of drug-likeness (QED) is 0.525. The normalized spacial score (nSPS) is 14.3. The predicted octanol–water partition coefficient (Wildman–Crippen LogP) is 2.52. The minimum atomic E-state index is 0.428. The Morgan fingerprint density at radius 2 is 1.90 bits per heavy atom. The number of hydrogen-bond acceptors (Lipinski definition) is 8. The number of hydrogen-bond donors (Lipinski definition) is 0. The van der Waals surface area contributed by atoms with Gasteiger partial charge in [-0.1, -0.05) is 5.16 Å². The number of ether oxygens (including phenoxy) is 1. The molecule has 0 N–H and O–H groups in total. The van der Waals surface area contributed by atoms with E-state index >= 15 is 0 Å². The molecule has 9 heteroatoms. The Kier molecular flexibility index (Phi) is 4.49. The zero-order valence-electron chi connectivity index (χ0n) is 15.9. The standard InChI is InChI=1S/C20H19N7O2/c1-14-22-4-5-27(14)18-3-2-15(12-23-18)19-24-20(29-25-19)16-10-17(13-21-11-16)26-6-8-28-9-7-26/h2-5,10-13H,6-9H2,1H3. The Morgan fingerprint density at radius 3 is 2.66 bits per heavy atom. The van der Waals surface area contributed by atoms with E-state index in [1.165, 1.54) is 0 Å². The van der Waals surface area contributed by atoms with Crippen molar-refractivity contribution in [3.05, 3.63) is 55.0 Å². The molecule has 0 spiro atoms. The van der Waals surface area contributed by atoms with Crippen molar-refractivity contribution in [1.82, 2.24) is 29.7 Å². The molecular formula is C20H19N7O2. The Labute approximate surface area is 167 Å². The summed E-state index contributed by atoms with van der Waals surface area (Å²) in [7, 11) is 0. The average molecular weight is 389 g/mol. The first-order chi connectivity index (χ1) is 14.3. The van der Waals surface area contributed by atoms with Crippen LogP contribution in [0.4, 0.5) is 5.69 Å². The van der Waals surface area contributed by atoms with Crippen molar-refractivity contribution >= 4 is 5.69 Å². The van der Waals surface area contributed by atoms with Gasteiger partial charge in [-0.2, -0.15) is 4.98 Å². The van der Waals surface area contributed by atoms with Gasteiger partial charge in [-0.3, -0.25) is 9.55 Å². The summed E-state index contributed by atoms with van der Waals surface area (Å²) in [5, 5.41) is 4.11. The Hall–Kier alpha value is -3.59. The SMILES string of the molecule is Cc1nccn1-c1ccc(-c2noc(-c3cncc(N4CCOCC4)c3)n2)cn1. The van der Waals surface area contributed by atoms with Crippen molar-refractivity contribution < 1.29 is 9.26 Å². The summed E-state index contributed by atoms with van der Waals surface area (Å²) in [6.07, 6.45) is 8.91. The number of anilines is 1. The Bertz CT molecular complexity index is 1110. The molecule has 29 heavy (non-hydrogen) atoms. The van der Waals surface area contributed by atoms with Crippen molar-refractivity contribution in [3.8, 4) is 28.7 Å². The van der Waals surface area contributed by atoms with E-state index in [4.69, 9.17) is 9.26 Å². The fourth-order valence-corrected chi connectivity index (χ4v) is 3.28. The van der Waals surface area contributed by atoms with Crippen LogP contribution in [-0.2, 0) is 4.74 Å². The van der Waals surface area contributed by atoms with Gasteiger partial charge in [0.2, 0.25) is 5.82 Å². The van der Waals surface area contributed by atoms with Crippen LogP contribution in [-0.4, -0.2) is 56.0 Å². The molecule has 9 nitrogen and oxygen atoms in total. The topological polar surface area (TPSA) is 95.0 Å². The summed E-state index contributed by atoms with van der Waals surface area (Å²) in [6.45, 7) is 5.05. The van der Waals surface area contributed by atoms with Gasteiger partial charge >= 0.3 is 0 Å². The van der Waals surface area contributed by atoms with Gasteiger partial charge in [0, 0.05) is 43.4 Å². The van der Waals surface area contributed by atoms with Gasteiger partial charge in [0.15, 0.2) is 0 Å². The Balaban J connectivity index is 1.39. The molecule has 1 fully saturated rings. The highest BCUT2D eigenvalue weighted by molar-refractivity contribution is 5.63. The number of nitrogens with zero attached hydrogens (tertiary/aromatic N) is 7. The summed E-state index contributed by atoms with van der Waals surface area (Å²) < 4.78 is 12.8. The van der Waals surface area contributed by atoms with Crippen molar-refractivity contribution in [2.24, 2.45) is 0 Å². The molecule has 1 aliphatic heterocycles. The van der Waals surface area contributed by atoms with Gasteiger partial charge in [0.1, 0.15) is 11.6 Å². The van der Waals surface area contributed by atoms with Crippen LogP contribution in [0, 0.1) is 6.92 Å². The van der Waals surface area contributed by atoms with Gasteiger partial charge < -0.3 is 14.2 Å². The predicted molar refractivity (Wildman–Crippen MR) is 106 cm³/mol. The summed E-state index contributed by atoms with van der Waals surface area (Å²) in [5.74, 6) is 2.57. The molecule has 4 aromatic rings. The minimum absolute atomic E-state index is 0.428. The van der Waals surface area contributed by atoms with E-state index in [0.717, 1.165) is 54.8 Å². The summed E-state index contributed by atoms with van der Waals surface area (Å²) in [5.41, 5.74) is 2.58. The number of imidazole rings is 1. The molecule has 1 aliphatic rings. The highest BCUT2D eigenvalue weighted by atomic mass is 16.5. The van der Waals surface area contributed by atoms with E-state index in [0.29, 0.717) is 11.7 Å². The smallest absolute Gasteiger partial charge is 0.259 e. The first-order valence-corrected chi connectivity index (χ1v) is 9.36. The zero-order valence-corrected chi connectivity index (χ0v) is 15.9. The first kappa shape index (κ1) is 17.5. The van der Waals surface area contributed by atoms with Crippen molar-refractivity contribution in [2.75, 3.05) is 31.2 Å². The molecule has 4 aromatic heterocycles. The largest absolute Gasteiger partial charge is 0.378 e. The third-order valence-corrected chi connectivity index (χ3v) is 4.85. The third kappa shape index (κ3) is 3.47. The zero-order chi connectivity index (χ0) is 19.6. The van der Waals surface area contributed by atoms with Crippen LogP contribution in [0.15, 0.2) is 53.7 Å². The third-order valence-electron chi connectivity index (χ3n) is 4.85. The molecule has 0 saturated carbocycles. The molecule has 1 saturated heterocycles. The first-order valence-electron chi connectivity index (χ1n) is 9.36. The van der Waals surface area contributed by atoms with E-state index in [1.54, 1.807) is 18.6 Å². The highest BCUT2D eigenvalue weighted by Gasteiger charge is 2.16. The Morgan fingerprint density at radius 1 is 1.00 bits per heavy atom. The summed E-state index contributed by atoms with van der Waals surface area (Å²) in [4.78, 5) is 19.8. The lowest BCUT2D eigenvalue weighted by molar-refractivity contribution is 0.122. The minimum Gasteiger partial charge on any atom is -0.378 e. The number of aryl methyl sites for hydroxylation is 1. The van der Waals surface area contributed by atoms with Crippen LogP contribution in [0.3, 0.4) is 0 Å². The monoisotopic (exact) mass is 389 g/mol. The van der Waals surface area contributed by atoms with Gasteiger partial charge in [-0.05, 0) is 25.1 Å². The van der Waals surface area contributed by atoms with E-state index in [2.05, 4.69) is 30.0 Å². The summed E-state index contributed by atoms with van der Waals surface area (Å²) in [6, 6.07) is 5.83. The van der Waals surface area contributed by atoms with Gasteiger partial charge in [0.05, 0.1) is 30.7 Å². The highest BCUT2D eigenvalue weighted by Crippen LogP contribution is 2.25. The van der Waals surface area contributed by atoms with Crippen LogP contribution in [0.1, 0.15) is 5.82 Å². The molecule has 0 atom stereocenters. The molecule has 0 radical (unpaired) electrons. The van der Waals surface area contributed by atoms with Crippen molar-refractivity contribution in [1.29, 1.82) is 0 Å². The van der Waals surface area contributed by atoms with Crippen LogP contribution in [0.2, 0.25) is 0 Å². The number of rotatable bonds is 4. The van der Waals surface area contributed by atoms with Crippen LogP contribution < -0.4 is 4.90 Å². The lowest BCUT2D eigenvalue weighted by atomic mass is 10.2. The van der Waals surface area contributed by atoms with Crippen molar-refractivity contribution in [2.45, 2.75) is 6.92 Å². The lowest BCUT2D eigenvalue weighted by Gasteiger charge is -2.28. The van der Waals surface area contributed by atoms with Crippen LogP contribution in [0.25, 0.3) is 28.7 Å². The maximum Gasteiger partial charge on any atom is 0.259 e. The average Bonchev–Trinajstić information content (AvgIpc) is 3.44. The second kappa shape index (κ2) is 7.44. The van der Waals surface area contributed by atoms with E-state index in [-0.39, 0.29) is 0 Å². The molecule has 5 heterocycles. The molecule has 146 valence electrons. The number of pyridine rings is 2. The maximum atomic E-state index is 5.48. The fraction of sp³-hybridized carbons (Fsp3) is 0.250. The second-order valence-corrected chi connectivity index (χ2v) is 6.70. The lowest BCUT2D eigenvalue weighted by Crippen LogP contribution is -2.36. The second-order valence-electron chi connectivity index (χ2n) is 6.70. The molecule has 0 bridgehead atoms. The fourth-order valence-electron chi connectivity index (χ4n) is 3.28. The molecular weight excluding hydrogens is 370 g/mol. The van der Waals surface area contributed by atoms with Gasteiger partial charge in [-0.25, -0.2) is 9.97 Å². The van der Waals surface area contributed by atoms with Gasteiger partial charge in [-0.15, -0.1) is 0 Å². The molecule has 0 aliphatic carbocycles. The number of morpholine rings is 1. The molecule has 0 amide bonds. The number of aromatic nitrogens is 6. The van der Waals surface area contributed by atoms with E-state index in [1.807, 2.05) is 42.1 Å². The molecule has 5 rings (SSSR count). The van der Waals surface area contributed by atoms with E-state index in [9.17, 15) is 0 Å².